The van der Waals surface area contributed by atoms with Crippen molar-refractivity contribution in [1.82, 2.24) is 4.90 Å². The lowest BCUT2D eigenvalue weighted by Crippen LogP contribution is -2.39. The molecular formula is C24H25ClN2O2. The molecule has 0 radical (unpaired) electrons. The van der Waals surface area contributed by atoms with Gasteiger partial charge in [-0.3, -0.25) is 9.69 Å². The first-order valence-electron chi connectivity index (χ1n) is 9.47. The monoisotopic (exact) mass is 408 g/mol. The Morgan fingerprint density at radius 3 is 2.48 bits per heavy atom. The number of rotatable bonds is 7. The molecule has 0 aliphatic carbocycles. The zero-order valence-electron chi connectivity index (χ0n) is 16.9. The third-order valence-corrected chi connectivity index (χ3v) is 5.21. The molecule has 0 saturated heterocycles. The number of anilines is 1. The van der Waals surface area contributed by atoms with E-state index >= 15 is 0 Å². The Labute approximate surface area is 177 Å². The van der Waals surface area contributed by atoms with Gasteiger partial charge in [0, 0.05) is 28.4 Å². The van der Waals surface area contributed by atoms with Crippen LogP contribution in [0.2, 0.25) is 5.02 Å². The van der Waals surface area contributed by atoms with Gasteiger partial charge in [-0.05, 0) is 43.8 Å². The maximum atomic E-state index is 12.9. The Bertz CT molecular complexity index is 976. The molecule has 0 aliphatic heterocycles. The van der Waals surface area contributed by atoms with Crippen LogP contribution in [-0.2, 0) is 11.3 Å². The van der Waals surface area contributed by atoms with Crippen molar-refractivity contribution in [2.75, 3.05) is 19.5 Å². The number of carbonyl (C=O) groups excluding carboxylic acids is 1. The number of likely N-dealkylation sites (N-methyl/N-ethyl adjacent to an activating group) is 1. The molecule has 5 heteroatoms. The summed E-state index contributed by atoms with van der Waals surface area (Å²) in [7, 11) is 3.54. The lowest BCUT2D eigenvalue weighted by Gasteiger charge is -2.25. The summed E-state index contributed by atoms with van der Waals surface area (Å²) in [4.78, 5) is 14.9. The number of hydrogen-bond donors (Lipinski definition) is 1. The number of methoxy groups -OCH3 is 1. The third kappa shape index (κ3) is 5.17. The van der Waals surface area contributed by atoms with E-state index < -0.39 is 0 Å². The molecule has 0 unspecified atom stereocenters. The molecule has 0 bridgehead atoms. The van der Waals surface area contributed by atoms with Gasteiger partial charge in [-0.1, -0.05) is 60.1 Å². The minimum absolute atomic E-state index is 0.0723. The first-order chi connectivity index (χ1) is 14.0. The lowest BCUT2D eigenvalue weighted by molar-refractivity contribution is -0.120. The molecular weight excluding hydrogens is 384 g/mol. The van der Waals surface area contributed by atoms with Gasteiger partial charge in [0.05, 0.1) is 13.2 Å². The normalized spacial score (nSPS) is 11.9. The fourth-order valence-electron chi connectivity index (χ4n) is 3.18. The summed E-state index contributed by atoms with van der Waals surface area (Å²) in [5.74, 6) is 0.681. The second-order valence-electron chi connectivity index (χ2n) is 6.95. The molecule has 4 nitrogen and oxygen atoms in total. The van der Waals surface area contributed by atoms with Gasteiger partial charge in [-0.2, -0.15) is 0 Å². The number of hydrogen-bond acceptors (Lipinski definition) is 3. The van der Waals surface area contributed by atoms with Crippen LogP contribution >= 0.6 is 11.6 Å². The molecule has 3 aromatic rings. The predicted molar refractivity (Wildman–Crippen MR) is 119 cm³/mol. The highest BCUT2D eigenvalue weighted by molar-refractivity contribution is 6.30. The summed E-state index contributed by atoms with van der Waals surface area (Å²) in [6.07, 6.45) is 0. The maximum Gasteiger partial charge on any atom is 0.241 e. The highest BCUT2D eigenvalue weighted by Crippen LogP contribution is 2.28. The molecule has 0 heterocycles. The van der Waals surface area contributed by atoms with Crippen LogP contribution in [0.15, 0.2) is 72.8 Å². The number of nitrogens with one attached hydrogen (secondary N) is 1. The quantitative estimate of drug-likeness (QED) is 0.563. The van der Waals surface area contributed by atoms with E-state index in [2.05, 4.69) is 5.32 Å². The standard InChI is InChI=1S/C24H25ClN2O2/c1-17(27(2)16-19-15-20(25)13-14-23(19)29-3)24(28)26-22-12-8-7-11-21(22)18-9-5-4-6-10-18/h4-15,17H,16H2,1-3H3,(H,26,28)/t17-/m0/s1. The third-order valence-electron chi connectivity index (χ3n) is 4.97. The molecule has 0 saturated carbocycles. The van der Waals surface area contributed by atoms with Crippen molar-refractivity contribution in [3.8, 4) is 16.9 Å². The molecule has 150 valence electrons. The van der Waals surface area contributed by atoms with E-state index in [1.165, 1.54) is 0 Å². The van der Waals surface area contributed by atoms with Crippen molar-refractivity contribution in [3.63, 3.8) is 0 Å². The van der Waals surface area contributed by atoms with Gasteiger partial charge in [0.25, 0.3) is 0 Å². The molecule has 1 N–H and O–H groups in total. The van der Waals surface area contributed by atoms with Crippen molar-refractivity contribution >= 4 is 23.2 Å². The number of para-hydroxylation sites is 1. The lowest BCUT2D eigenvalue weighted by atomic mass is 10.0. The topological polar surface area (TPSA) is 41.6 Å². The van der Waals surface area contributed by atoms with Crippen molar-refractivity contribution in [2.45, 2.75) is 19.5 Å². The number of benzene rings is 3. The zero-order valence-corrected chi connectivity index (χ0v) is 17.6. The van der Waals surface area contributed by atoms with Gasteiger partial charge >= 0.3 is 0 Å². The average Bonchev–Trinajstić information content (AvgIpc) is 2.74. The molecule has 0 aliphatic rings. The van der Waals surface area contributed by atoms with Crippen molar-refractivity contribution in [2.24, 2.45) is 0 Å². The van der Waals surface area contributed by atoms with E-state index in [0.717, 1.165) is 28.1 Å². The first-order valence-corrected chi connectivity index (χ1v) is 9.85. The molecule has 29 heavy (non-hydrogen) atoms. The van der Waals surface area contributed by atoms with Crippen LogP contribution in [0.3, 0.4) is 0 Å². The fourth-order valence-corrected chi connectivity index (χ4v) is 3.37. The van der Waals surface area contributed by atoms with Gasteiger partial charge in [0.2, 0.25) is 5.91 Å². The summed E-state index contributed by atoms with van der Waals surface area (Å²) in [5, 5.41) is 3.72. The Hall–Kier alpha value is -2.82. The minimum atomic E-state index is -0.345. The van der Waals surface area contributed by atoms with E-state index in [9.17, 15) is 4.79 Å². The van der Waals surface area contributed by atoms with Gasteiger partial charge in [0.1, 0.15) is 5.75 Å². The van der Waals surface area contributed by atoms with Crippen LogP contribution in [-0.4, -0.2) is 31.0 Å². The number of nitrogens with zero attached hydrogens (tertiary/aromatic N) is 1. The molecule has 0 fully saturated rings. The Morgan fingerprint density at radius 2 is 1.76 bits per heavy atom. The second kappa shape index (κ2) is 9.59. The van der Waals surface area contributed by atoms with Gasteiger partial charge in [-0.15, -0.1) is 0 Å². The van der Waals surface area contributed by atoms with E-state index in [4.69, 9.17) is 16.3 Å². The van der Waals surface area contributed by atoms with E-state index in [0.29, 0.717) is 11.6 Å². The van der Waals surface area contributed by atoms with Gasteiger partial charge < -0.3 is 10.1 Å². The Kier molecular flexibility index (Phi) is 6.91. The number of ether oxygens (including phenoxy) is 1. The van der Waals surface area contributed by atoms with Crippen LogP contribution in [0.4, 0.5) is 5.69 Å². The Balaban J connectivity index is 1.74. The summed E-state index contributed by atoms with van der Waals surface area (Å²) >= 11 is 6.13. The highest BCUT2D eigenvalue weighted by Gasteiger charge is 2.20. The highest BCUT2D eigenvalue weighted by atomic mass is 35.5. The van der Waals surface area contributed by atoms with Crippen molar-refractivity contribution in [3.05, 3.63) is 83.4 Å². The molecule has 3 aromatic carbocycles. The van der Waals surface area contributed by atoms with Gasteiger partial charge in [-0.25, -0.2) is 0 Å². The van der Waals surface area contributed by atoms with Crippen LogP contribution in [0.25, 0.3) is 11.1 Å². The summed E-state index contributed by atoms with van der Waals surface area (Å²) in [6.45, 7) is 2.43. The number of carbonyl (C=O) groups is 1. The van der Waals surface area contributed by atoms with E-state index in [-0.39, 0.29) is 11.9 Å². The molecule has 1 atom stereocenters. The van der Waals surface area contributed by atoms with Crippen LogP contribution in [0.1, 0.15) is 12.5 Å². The maximum absolute atomic E-state index is 12.9. The van der Waals surface area contributed by atoms with Crippen molar-refractivity contribution < 1.29 is 9.53 Å². The second-order valence-corrected chi connectivity index (χ2v) is 7.38. The predicted octanol–water partition coefficient (Wildman–Crippen LogP) is 5.47. The minimum Gasteiger partial charge on any atom is -0.496 e. The average molecular weight is 409 g/mol. The number of amides is 1. The SMILES string of the molecule is COc1ccc(Cl)cc1CN(C)[C@@H](C)C(=O)Nc1ccccc1-c1ccccc1. The fraction of sp³-hybridized carbons (Fsp3) is 0.208. The molecule has 1 amide bonds. The van der Waals surface area contributed by atoms with E-state index in [1.807, 2.05) is 85.6 Å². The Morgan fingerprint density at radius 1 is 1.07 bits per heavy atom. The van der Waals surface area contributed by atoms with Crippen molar-refractivity contribution in [1.29, 1.82) is 0 Å². The van der Waals surface area contributed by atoms with Crippen LogP contribution in [0, 0.1) is 0 Å². The van der Waals surface area contributed by atoms with Gasteiger partial charge in [0.15, 0.2) is 0 Å². The summed E-state index contributed by atoms with van der Waals surface area (Å²) in [6, 6.07) is 23.0. The number of halogens is 1. The largest absolute Gasteiger partial charge is 0.496 e. The van der Waals surface area contributed by atoms with Crippen LogP contribution in [0.5, 0.6) is 5.75 Å². The first kappa shape index (κ1) is 20.9. The van der Waals surface area contributed by atoms with E-state index in [1.54, 1.807) is 13.2 Å². The summed E-state index contributed by atoms with van der Waals surface area (Å²) in [5.41, 5.74) is 3.79. The molecule has 0 spiro atoms. The zero-order chi connectivity index (χ0) is 20.8. The molecule has 3 rings (SSSR count). The van der Waals surface area contributed by atoms with Crippen LogP contribution < -0.4 is 10.1 Å². The molecule has 0 aromatic heterocycles. The smallest absolute Gasteiger partial charge is 0.241 e. The summed E-state index contributed by atoms with van der Waals surface area (Å²) < 4.78 is 5.42.